The Hall–Kier alpha value is -1.55. The summed E-state index contributed by atoms with van der Waals surface area (Å²) in [4.78, 5) is 13.7. The SMILES string of the molecule is C\C=C/C(C)=C\C=C\COC1CCN(C(=O)OC(C)(C)C)C1. The zero-order valence-electron chi connectivity index (χ0n) is 14.5. The predicted molar refractivity (Wildman–Crippen MR) is 89.9 cm³/mol. The molecule has 22 heavy (non-hydrogen) atoms. The van der Waals surface area contributed by atoms with Gasteiger partial charge in [0.15, 0.2) is 0 Å². The zero-order valence-corrected chi connectivity index (χ0v) is 14.5. The Balaban J connectivity index is 2.29. The molecule has 1 unspecified atom stereocenters. The zero-order chi connectivity index (χ0) is 16.6. The van der Waals surface area contributed by atoms with Crippen LogP contribution in [0.1, 0.15) is 41.0 Å². The second kappa shape index (κ2) is 8.79. The van der Waals surface area contributed by atoms with E-state index in [2.05, 4.69) is 13.0 Å². The number of rotatable bonds is 5. The summed E-state index contributed by atoms with van der Waals surface area (Å²) in [5.41, 5.74) is 0.756. The van der Waals surface area contributed by atoms with Gasteiger partial charge >= 0.3 is 6.09 Å². The summed E-state index contributed by atoms with van der Waals surface area (Å²) in [5, 5.41) is 0. The predicted octanol–water partition coefficient (Wildman–Crippen LogP) is 4.09. The van der Waals surface area contributed by atoms with E-state index in [9.17, 15) is 4.79 Å². The van der Waals surface area contributed by atoms with Crippen molar-refractivity contribution >= 4 is 6.09 Å². The first-order chi connectivity index (χ1) is 10.3. The lowest BCUT2D eigenvalue weighted by Crippen LogP contribution is -2.36. The van der Waals surface area contributed by atoms with Crippen molar-refractivity contribution < 1.29 is 14.3 Å². The van der Waals surface area contributed by atoms with Crippen LogP contribution >= 0.6 is 0 Å². The number of carbonyl (C=O) groups excluding carboxylic acids is 1. The van der Waals surface area contributed by atoms with Gasteiger partial charge in [-0.05, 0) is 41.0 Å². The van der Waals surface area contributed by atoms with Gasteiger partial charge in [-0.1, -0.05) is 36.0 Å². The Morgan fingerprint density at radius 1 is 1.36 bits per heavy atom. The number of allylic oxidation sites excluding steroid dienone is 5. The molecule has 0 aromatic rings. The van der Waals surface area contributed by atoms with Crippen molar-refractivity contribution in [3.8, 4) is 0 Å². The van der Waals surface area contributed by atoms with Gasteiger partial charge in [0.1, 0.15) is 5.60 Å². The molecule has 1 atom stereocenters. The molecule has 1 aliphatic rings. The maximum absolute atomic E-state index is 11.9. The van der Waals surface area contributed by atoms with Gasteiger partial charge in [0.2, 0.25) is 0 Å². The molecule has 4 heteroatoms. The van der Waals surface area contributed by atoms with E-state index in [1.54, 1.807) is 4.90 Å². The molecule has 1 heterocycles. The van der Waals surface area contributed by atoms with Crippen LogP contribution in [-0.4, -0.2) is 42.4 Å². The smallest absolute Gasteiger partial charge is 0.410 e. The van der Waals surface area contributed by atoms with Crippen molar-refractivity contribution in [2.24, 2.45) is 0 Å². The maximum atomic E-state index is 11.9. The molecule has 0 aromatic heterocycles. The highest BCUT2D eigenvalue weighted by Gasteiger charge is 2.29. The third kappa shape index (κ3) is 7.46. The molecular formula is C18H29NO3. The first-order valence-electron chi connectivity index (χ1n) is 7.87. The van der Waals surface area contributed by atoms with Crippen LogP contribution < -0.4 is 0 Å². The molecule has 0 aromatic carbocycles. The molecule has 1 rings (SSSR count). The van der Waals surface area contributed by atoms with Crippen molar-refractivity contribution in [3.63, 3.8) is 0 Å². The molecular weight excluding hydrogens is 278 g/mol. The topological polar surface area (TPSA) is 38.8 Å². The van der Waals surface area contributed by atoms with Crippen molar-refractivity contribution in [1.29, 1.82) is 0 Å². The van der Waals surface area contributed by atoms with E-state index in [1.165, 1.54) is 5.57 Å². The summed E-state index contributed by atoms with van der Waals surface area (Å²) in [6.07, 6.45) is 10.8. The van der Waals surface area contributed by atoms with Gasteiger partial charge in [-0.2, -0.15) is 0 Å². The molecule has 0 bridgehead atoms. The quantitative estimate of drug-likeness (QED) is 0.718. The van der Waals surface area contributed by atoms with Gasteiger partial charge in [0.05, 0.1) is 19.3 Å². The van der Waals surface area contributed by atoms with Gasteiger partial charge < -0.3 is 14.4 Å². The molecule has 1 fully saturated rings. The van der Waals surface area contributed by atoms with Gasteiger partial charge in [-0.3, -0.25) is 0 Å². The minimum absolute atomic E-state index is 0.0952. The number of hydrogen-bond donors (Lipinski definition) is 0. The van der Waals surface area contributed by atoms with Crippen LogP contribution in [-0.2, 0) is 9.47 Å². The van der Waals surface area contributed by atoms with E-state index in [4.69, 9.17) is 9.47 Å². The first-order valence-corrected chi connectivity index (χ1v) is 7.87. The lowest BCUT2D eigenvalue weighted by atomic mass is 10.2. The molecule has 0 spiro atoms. The Morgan fingerprint density at radius 3 is 2.73 bits per heavy atom. The van der Waals surface area contributed by atoms with E-state index in [0.717, 1.165) is 6.42 Å². The largest absolute Gasteiger partial charge is 0.444 e. The third-order valence-electron chi connectivity index (χ3n) is 3.15. The Morgan fingerprint density at radius 2 is 2.09 bits per heavy atom. The molecule has 4 nitrogen and oxygen atoms in total. The van der Waals surface area contributed by atoms with Crippen LogP contribution in [0, 0.1) is 0 Å². The minimum atomic E-state index is -0.449. The highest BCUT2D eigenvalue weighted by molar-refractivity contribution is 5.68. The minimum Gasteiger partial charge on any atom is -0.444 e. The molecule has 0 N–H and O–H groups in total. The van der Waals surface area contributed by atoms with Gasteiger partial charge in [-0.25, -0.2) is 4.79 Å². The molecule has 124 valence electrons. The average molecular weight is 307 g/mol. The average Bonchev–Trinajstić information content (AvgIpc) is 2.85. The number of amides is 1. The summed E-state index contributed by atoms with van der Waals surface area (Å²) in [6.45, 7) is 11.6. The summed E-state index contributed by atoms with van der Waals surface area (Å²) >= 11 is 0. The fraction of sp³-hybridized carbons (Fsp3) is 0.611. The van der Waals surface area contributed by atoms with Crippen molar-refractivity contribution in [2.45, 2.75) is 52.7 Å². The maximum Gasteiger partial charge on any atom is 0.410 e. The standard InChI is InChI=1S/C18H29NO3/c1-6-9-15(2)10-7-8-13-21-16-11-12-19(14-16)17(20)22-18(3,4)5/h6-10,16H,11-14H2,1-5H3/b8-7+,9-6-,15-10-. The van der Waals surface area contributed by atoms with Crippen LogP contribution in [0.15, 0.2) is 36.0 Å². The fourth-order valence-corrected chi connectivity index (χ4v) is 2.14. The second-order valence-corrected chi connectivity index (χ2v) is 6.51. The van der Waals surface area contributed by atoms with Gasteiger partial charge in [0, 0.05) is 6.54 Å². The lowest BCUT2D eigenvalue weighted by Gasteiger charge is -2.24. The van der Waals surface area contributed by atoms with Crippen molar-refractivity contribution in [3.05, 3.63) is 36.0 Å². The highest BCUT2D eigenvalue weighted by atomic mass is 16.6. The number of carbonyl (C=O) groups is 1. The second-order valence-electron chi connectivity index (χ2n) is 6.51. The molecule has 1 saturated heterocycles. The van der Waals surface area contributed by atoms with E-state index in [1.807, 2.05) is 52.0 Å². The summed E-state index contributed by atoms with van der Waals surface area (Å²) in [7, 11) is 0. The van der Waals surface area contributed by atoms with Crippen LogP contribution in [0.2, 0.25) is 0 Å². The van der Waals surface area contributed by atoms with Crippen molar-refractivity contribution in [1.82, 2.24) is 4.90 Å². The van der Waals surface area contributed by atoms with E-state index in [0.29, 0.717) is 19.7 Å². The molecule has 1 amide bonds. The van der Waals surface area contributed by atoms with Gasteiger partial charge in [-0.15, -0.1) is 0 Å². The summed E-state index contributed by atoms with van der Waals surface area (Å²) < 4.78 is 11.1. The van der Waals surface area contributed by atoms with Gasteiger partial charge in [0.25, 0.3) is 0 Å². The lowest BCUT2D eigenvalue weighted by molar-refractivity contribution is 0.0235. The molecule has 0 aliphatic carbocycles. The number of nitrogens with zero attached hydrogens (tertiary/aromatic N) is 1. The first kappa shape index (κ1) is 18.5. The molecule has 0 radical (unpaired) electrons. The van der Waals surface area contributed by atoms with E-state index in [-0.39, 0.29) is 12.2 Å². The Kier molecular flexibility index (Phi) is 7.39. The number of likely N-dealkylation sites (tertiary alicyclic amines) is 1. The number of hydrogen-bond acceptors (Lipinski definition) is 3. The summed E-state index contributed by atoms with van der Waals surface area (Å²) in [6, 6.07) is 0. The fourth-order valence-electron chi connectivity index (χ4n) is 2.14. The van der Waals surface area contributed by atoms with Crippen molar-refractivity contribution in [2.75, 3.05) is 19.7 Å². The monoisotopic (exact) mass is 307 g/mol. The van der Waals surface area contributed by atoms with Crippen LogP contribution in [0.4, 0.5) is 4.79 Å². The third-order valence-corrected chi connectivity index (χ3v) is 3.15. The van der Waals surface area contributed by atoms with E-state index < -0.39 is 5.60 Å². The van der Waals surface area contributed by atoms with Crippen LogP contribution in [0.25, 0.3) is 0 Å². The molecule has 1 aliphatic heterocycles. The van der Waals surface area contributed by atoms with E-state index >= 15 is 0 Å². The normalized spacial score (nSPS) is 20.3. The highest BCUT2D eigenvalue weighted by Crippen LogP contribution is 2.17. The van der Waals surface area contributed by atoms with Crippen LogP contribution in [0.3, 0.4) is 0 Å². The Labute approximate surface area is 134 Å². The Bertz CT molecular complexity index is 444. The molecule has 0 saturated carbocycles. The van der Waals surface area contributed by atoms with Crippen LogP contribution in [0.5, 0.6) is 0 Å². The summed E-state index contributed by atoms with van der Waals surface area (Å²) in [5.74, 6) is 0. The number of ether oxygens (including phenoxy) is 2.